The number of halogens is 1. The molecule has 0 heterocycles. The van der Waals surface area contributed by atoms with E-state index >= 15 is 0 Å². The highest BCUT2D eigenvalue weighted by Crippen LogP contribution is 2.37. The zero-order chi connectivity index (χ0) is 21.4. The highest BCUT2D eigenvalue weighted by Gasteiger charge is 2.18. The molecule has 1 unspecified atom stereocenters. The average molecular weight is 421 g/mol. The van der Waals surface area contributed by atoms with Gasteiger partial charge in [0.05, 0.1) is 23.9 Å². The Kier molecular flexibility index (Phi) is 8.76. The number of ether oxygens (including phenoxy) is 2. The van der Waals surface area contributed by atoms with Crippen LogP contribution in [0.4, 0.5) is 5.69 Å². The first kappa shape index (κ1) is 23.0. The van der Waals surface area contributed by atoms with Crippen molar-refractivity contribution >= 4 is 23.3 Å². The van der Waals surface area contributed by atoms with E-state index in [4.69, 9.17) is 21.1 Å². The van der Waals surface area contributed by atoms with E-state index in [9.17, 15) is 9.90 Å². The lowest BCUT2D eigenvalue weighted by Crippen LogP contribution is -2.28. The summed E-state index contributed by atoms with van der Waals surface area (Å²) in [6.45, 7) is 6.61. The smallest absolute Gasteiger partial charge is 0.311 e. The number of methoxy groups -OCH3 is 1. The van der Waals surface area contributed by atoms with Crippen LogP contribution in [0.25, 0.3) is 0 Å². The second-order valence-corrected chi connectivity index (χ2v) is 7.39. The largest absolute Gasteiger partial charge is 0.497 e. The van der Waals surface area contributed by atoms with Gasteiger partial charge in [0.2, 0.25) is 0 Å². The molecule has 0 spiro atoms. The number of hydrogen-bond acceptors (Lipinski definition) is 6. The van der Waals surface area contributed by atoms with E-state index in [0.717, 1.165) is 11.3 Å². The first-order valence-electron chi connectivity index (χ1n) is 9.66. The van der Waals surface area contributed by atoms with Gasteiger partial charge in [-0.2, -0.15) is 0 Å². The zero-order valence-corrected chi connectivity index (χ0v) is 18.0. The van der Waals surface area contributed by atoms with Crippen LogP contribution in [0.2, 0.25) is 5.02 Å². The summed E-state index contributed by atoms with van der Waals surface area (Å²) in [7, 11) is 1.62. The van der Waals surface area contributed by atoms with E-state index in [-0.39, 0.29) is 29.2 Å². The average Bonchev–Trinajstić information content (AvgIpc) is 2.72. The molecular formula is C22H29ClN2O4. The van der Waals surface area contributed by atoms with Crippen LogP contribution < -0.4 is 20.1 Å². The van der Waals surface area contributed by atoms with Crippen LogP contribution in [0.3, 0.4) is 0 Å². The molecule has 2 aromatic rings. The fraction of sp³-hybridized carbons (Fsp3) is 0.409. The molecule has 6 nitrogen and oxygen atoms in total. The Morgan fingerprint density at radius 2 is 1.90 bits per heavy atom. The van der Waals surface area contributed by atoms with Crippen molar-refractivity contribution in [1.82, 2.24) is 5.32 Å². The van der Waals surface area contributed by atoms with Crippen molar-refractivity contribution in [3.63, 3.8) is 0 Å². The number of anilines is 1. The van der Waals surface area contributed by atoms with Gasteiger partial charge in [0.15, 0.2) is 5.75 Å². The lowest BCUT2D eigenvalue weighted by atomic mass is 10.1. The minimum atomic E-state index is -0.743. The van der Waals surface area contributed by atoms with Crippen molar-refractivity contribution in [1.29, 1.82) is 0 Å². The SMILES string of the molecule is CCC(=O)Oc1c(Cl)cc(C(O)CNC(C)C)cc1NCc1ccc(OC)cc1. The summed E-state index contributed by atoms with van der Waals surface area (Å²) in [5.41, 5.74) is 2.20. The number of nitrogens with one attached hydrogen (secondary N) is 2. The van der Waals surface area contributed by atoms with Crippen molar-refractivity contribution in [2.24, 2.45) is 0 Å². The molecule has 2 rings (SSSR count). The minimum absolute atomic E-state index is 0.233. The Bertz CT molecular complexity index is 809. The quantitative estimate of drug-likeness (QED) is 0.392. The second kappa shape index (κ2) is 11.0. The molecule has 7 heteroatoms. The van der Waals surface area contributed by atoms with Crippen LogP contribution in [-0.2, 0) is 11.3 Å². The summed E-state index contributed by atoms with van der Waals surface area (Å²) in [6, 6.07) is 11.3. The van der Waals surface area contributed by atoms with Gasteiger partial charge >= 0.3 is 5.97 Å². The first-order valence-corrected chi connectivity index (χ1v) is 10.0. The van der Waals surface area contributed by atoms with Crippen molar-refractivity contribution in [3.8, 4) is 11.5 Å². The Morgan fingerprint density at radius 3 is 2.48 bits per heavy atom. The van der Waals surface area contributed by atoms with Gasteiger partial charge in [-0.1, -0.05) is 44.5 Å². The fourth-order valence-electron chi connectivity index (χ4n) is 2.63. The summed E-state index contributed by atoms with van der Waals surface area (Å²) in [4.78, 5) is 11.8. The van der Waals surface area contributed by atoms with Crippen molar-refractivity contribution < 1.29 is 19.4 Å². The maximum absolute atomic E-state index is 11.8. The van der Waals surface area contributed by atoms with Gasteiger partial charge in [-0.3, -0.25) is 4.79 Å². The molecule has 0 radical (unpaired) electrons. The number of esters is 1. The topological polar surface area (TPSA) is 79.8 Å². The Hall–Kier alpha value is -2.28. The van der Waals surface area contributed by atoms with Gasteiger partial charge in [0.1, 0.15) is 5.75 Å². The van der Waals surface area contributed by atoms with E-state index in [1.54, 1.807) is 26.2 Å². The maximum Gasteiger partial charge on any atom is 0.311 e. The molecule has 0 saturated carbocycles. The summed E-state index contributed by atoms with van der Waals surface area (Å²) >= 11 is 6.40. The van der Waals surface area contributed by atoms with E-state index < -0.39 is 6.10 Å². The molecular weight excluding hydrogens is 392 g/mol. The number of aliphatic hydroxyl groups excluding tert-OH is 1. The van der Waals surface area contributed by atoms with E-state index in [2.05, 4.69) is 10.6 Å². The van der Waals surface area contributed by atoms with E-state index in [1.807, 2.05) is 38.1 Å². The summed E-state index contributed by atoms with van der Waals surface area (Å²) in [5, 5.41) is 17.2. The molecule has 3 N–H and O–H groups in total. The molecule has 158 valence electrons. The number of carbonyl (C=O) groups excluding carboxylic acids is 1. The molecule has 0 fully saturated rings. The molecule has 0 saturated heterocycles. The van der Waals surface area contributed by atoms with Crippen LogP contribution in [0.1, 0.15) is 44.4 Å². The van der Waals surface area contributed by atoms with Crippen LogP contribution in [-0.4, -0.2) is 30.8 Å². The van der Waals surface area contributed by atoms with Crippen molar-refractivity contribution in [2.45, 2.75) is 45.9 Å². The number of benzene rings is 2. The van der Waals surface area contributed by atoms with Gasteiger partial charge in [-0.25, -0.2) is 0 Å². The fourth-order valence-corrected chi connectivity index (χ4v) is 2.90. The van der Waals surface area contributed by atoms with Crippen LogP contribution in [0, 0.1) is 0 Å². The highest BCUT2D eigenvalue weighted by molar-refractivity contribution is 6.32. The molecule has 0 aliphatic carbocycles. The molecule has 0 aromatic heterocycles. The third-order valence-electron chi connectivity index (χ3n) is 4.32. The molecule has 0 aliphatic rings. The second-order valence-electron chi connectivity index (χ2n) is 6.99. The summed E-state index contributed by atoms with van der Waals surface area (Å²) in [6.07, 6.45) is -0.510. The monoisotopic (exact) mass is 420 g/mol. The first-order chi connectivity index (χ1) is 13.8. The van der Waals surface area contributed by atoms with Gasteiger partial charge in [0.25, 0.3) is 0 Å². The maximum atomic E-state index is 11.8. The Balaban J connectivity index is 2.26. The highest BCUT2D eigenvalue weighted by atomic mass is 35.5. The Labute approximate surface area is 177 Å². The molecule has 29 heavy (non-hydrogen) atoms. The normalized spacial score (nSPS) is 12.0. The van der Waals surface area contributed by atoms with Crippen LogP contribution >= 0.6 is 11.6 Å². The van der Waals surface area contributed by atoms with Gasteiger partial charge in [-0.15, -0.1) is 0 Å². The van der Waals surface area contributed by atoms with Crippen LogP contribution in [0.15, 0.2) is 36.4 Å². The Morgan fingerprint density at radius 1 is 1.21 bits per heavy atom. The van der Waals surface area contributed by atoms with E-state index in [1.165, 1.54) is 0 Å². The van der Waals surface area contributed by atoms with Crippen molar-refractivity contribution in [2.75, 3.05) is 19.0 Å². The minimum Gasteiger partial charge on any atom is -0.497 e. The van der Waals surface area contributed by atoms with E-state index in [0.29, 0.717) is 24.3 Å². The molecule has 0 bridgehead atoms. The summed E-state index contributed by atoms with van der Waals surface area (Å²) in [5.74, 6) is 0.658. The van der Waals surface area contributed by atoms with Crippen molar-refractivity contribution in [3.05, 3.63) is 52.5 Å². The lowest BCUT2D eigenvalue weighted by molar-refractivity contribution is -0.133. The predicted octanol–water partition coefficient (Wildman–Crippen LogP) is 4.31. The molecule has 2 aromatic carbocycles. The number of aliphatic hydroxyl groups is 1. The number of hydrogen-bond donors (Lipinski definition) is 3. The third kappa shape index (κ3) is 6.92. The third-order valence-corrected chi connectivity index (χ3v) is 4.60. The van der Waals surface area contributed by atoms with Crippen LogP contribution in [0.5, 0.6) is 11.5 Å². The van der Waals surface area contributed by atoms with Gasteiger partial charge in [-0.05, 0) is 35.4 Å². The lowest BCUT2D eigenvalue weighted by Gasteiger charge is -2.19. The van der Waals surface area contributed by atoms with Gasteiger partial charge < -0.3 is 25.2 Å². The zero-order valence-electron chi connectivity index (χ0n) is 17.3. The number of rotatable bonds is 10. The standard InChI is InChI=1S/C22H29ClN2O4/c1-5-21(27)29-22-18(23)10-16(20(26)13-24-14(2)3)11-19(22)25-12-15-6-8-17(28-4)9-7-15/h6-11,14,20,24-26H,5,12-13H2,1-4H3. The summed E-state index contributed by atoms with van der Waals surface area (Å²) < 4.78 is 10.6. The van der Waals surface area contributed by atoms with Gasteiger partial charge in [0, 0.05) is 25.6 Å². The number of carbonyl (C=O) groups is 1. The molecule has 0 amide bonds. The molecule has 0 aliphatic heterocycles. The predicted molar refractivity (Wildman–Crippen MR) is 116 cm³/mol. The molecule has 1 atom stereocenters.